The molecular weight excluding hydrogens is 520 g/mol. The van der Waals surface area contributed by atoms with Gasteiger partial charge < -0.3 is 0 Å². The molecule has 0 aliphatic heterocycles. The Morgan fingerprint density at radius 2 is 1.79 bits per heavy atom. The van der Waals surface area contributed by atoms with Crippen LogP contribution in [0, 0.1) is 0 Å². The maximum absolute atomic E-state index is 3.71. The third-order valence-corrected chi connectivity index (χ3v) is 7.70. The lowest BCUT2D eigenvalue weighted by Gasteiger charge is -2.30. The number of thiophene rings is 1. The quantitative estimate of drug-likeness (QED) is 0.384. The van der Waals surface area contributed by atoms with E-state index in [-0.39, 0.29) is 5.41 Å². The molecule has 0 spiro atoms. The van der Waals surface area contributed by atoms with Gasteiger partial charge in [0.05, 0.1) is 0 Å². The lowest BCUT2D eigenvalue weighted by molar-refractivity contribution is 0.555. The van der Waals surface area contributed by atoms with Gasteiger partial charge in [0.15, 0.2) is 0 Å². The Hall–Kier alpha value is 0.840. The number of hydrogen-bond donors (Lipinski definition) is 0. The first kappa shape index (κ1) is 16.2. The molecule has 0 N–H and O–H groups in total. The molecule has 0 aliphatic rings. The van der Waals surface area contributed by atoms with Crippen LogP contribution in [0.3, 0.4) is 0 Å². The van der Waals surface area contributed by atoms with Crippen LogP contribution in [0.2, 0.25) is 0 Å². The fraction of sp³-hybridized carbons (Fsp3) is 0.286. The van der Waals surface area contributed by atoms with Crippen LogP contribution in [0.15, 0.2) is 44.7 Å². The van der Waals surface area contributed by atoms with Crippen molar-refractivity contribution >= 4 is 75.1 Å². The van der Waals surface area contributed by atoms with Gasteiger partial charge in [0.25, 0.3) is 0 Å². The molecule has 1 aromatic heterocycles. The first-order valence-corrected chi connectivity index (χ1v) is 10.4. The second-order valence-electron chi connectivity index (χ2n) is 4.43. The summed E-state index contributed by atoms with van der Waals surface area (Å²) in [4.78, 5) is 1.39. The molecule has 1 aromatic carbocycles. The number of hydrogen-bond acceptors (Lipinski definition) is 1. The molecule has 1 heterocycles. The van der Waals surface area contributed by atoms with Gasteiger partial charge in [-0.3, -0.25) is 0 Å². The van der Waals surface area contributed by atoms with Crippen molar-refractivity contribution in [3.8, 4) is 0 Å². The summed E-state index contributed by atoms with van der Waals surface area (Å²) in [5.41, 5.74) is 1.41. The van der Waals surface area contributed by atoms with E-state index in [1.807, 2.05) is 0 Å². The minimum atomic E-state index is 0.0666. The summed E-state index contributed by atoms with van der Waals surface area (Å²) < 4.78 is 2.33. The number of alkyl halides is 2. The minimum Gasteiger partial charge on any atom is -0.148 e. The Kier molecular flexibility index (Phi) is 6.15. The smallest absolute Gasteiger partial charge is 0.0314 e. The second kappa shape index (κ2) is 7.21. The van der Waals surface area contributed by atoms with Gasteiger partial charge in [0, 0.05) is 29.9 Å². The molecule has 0 saturated carbocycles. The molecule has 0 nitrogen and oxygen atoms in total. The van der Waals surface area contributed by atoms with E-state index in [0.717, 1.165) is 21.6 Å². The van der Waals surface area contributed by atoms with Crippen molar-refractivity contribution < 1.29 is 0 Å². The van der Waals surface area contributed by atoms with Crippen LogP contribution < -0.4 is 0 Å². The summed E-state index contributed by atoms with van der Waals surface area (Å²) in [6, 6.07) is 10.7. The molecular formula is C14H12Br4S. The van der Waals surface area contributed by atoms with Gasteiger partial charge in [0.2, 0.25) is 0 Å². The highest BCUT2D eigenvalue weighted by Gasteiger charge is 2.31. The van der Waals surface area contributed by atoms with Gasteiger partial charge in [-0.2, -0.15) is 0 Å². The van der Waals surface area contributed by atoms with E-state index < -0.39 is 0 Å². The predicted octanol–water partition coefficient (Wildman–Crippen LogP) is 6.54. The fourth-order valence-corrected chi connectivity index (χ4v) is 5.97. The number of rotatable bonds is 5. The van der Waals surface area contributed by atoms with E-state index in [4.69, 9.17) is 0 Å². The maximum Gasteiger partial charge on any atom is 0.0314 e. The molecule has 5 heteroatoms. The topological polar surface area (TPSA) is 0 Å². The van der Waals surface area contributed by atoms with Crippen LogP contribution in [-0.4, -0.2) is 10.7 Å². The molecule has 0 aliphatic carbocycles. The zero-order chi connectivity index (χ0) is 13.9. The first-order valence-electron chi connectivity index (χ1n) is 5.71. The summed E-state index contributed by atoms with van der Waals surface area (Å²) in [6.45, 7) is 0. The van der Waals surface area contributed by atoms with Crippen LogP contribution in [0.1, 0.15) is 10.4 Å². The Balaban J connectivity index is 2.40. The maximum atomic E-state index is 3.71. The van der Waals surface area contributed by atoms with Gasteiger partial charge in [-0.1, -0.05) is 59.9 Å². The summed E-state index contributed by atoms with van der Waals surface area (Å²) in [5, 5.41) is 3.98. The second-order valence-corrected chi connectivity index (χ2v) is 8.32. The predicted molar refractivity (Wildman–Crippen MR) is 99.1 cm³/mol. The van der Waals surface area contributed by atoms with Crippen molar-refractivity contribution in [3.63, 3.8) is 0 Å². The summed E-state index contributed by atoms with van der Waals surface area (Å²) in [7, 11) is 0. The molecule has 0 fully saturated rings. The highest BCUT2D eigenvalue weighted by molar-refractivity contribution is 9.11. The third kappa shape index (κ3) is 3.73. The fourth-order valence-electron chi connectivity index (χ4n) is 1.96. The molecule has 2 aromatic rings. The SMILES string of the molecule is BrCC(CBr)(Cc1sccc1Br)c1cccc(Br)c1. The van der Waals surface area contributed by atoms with E-state index in [0.29, 0.717) is 0 Å². The zero-order valence-corrected chi connectivity index (χ0v) is 17.2. The average molecular weight is 532 g/mol. The Bertz CT molecular complexity index is 546. The van der Waals surface area contributed by atoms with Crippen LogP contribution in [0.5, 0.6) is 0 Å². The van der Waals surface area contributed by atoms with E-state index in [1.165, 1.54) is 14.9 Å². The Morgan fingerprint density at radius 1 is 1.05 bits per heavy atom. The molecule has 0 bridgehead atoms. The van der Waals surface area contributed by atoms with Crippen LogP contribution >= 0.6 is 75.1 Å². The van der Waals surface area contributed by atoms with Crippen LogP contribution in [-0.2, 0) is 11.8 Å². The Morgan fingerprint density at radius 3 is 2.32 bits per heavy atom. The molecule has 0 amide bonds. The molecule has 2 rings (SSSR count). The molecule has 0 saturated heterocycles. The zero-order valence-electron chi connectivity index (χ0n) is 10.0. The molecule has 102 valence electrons. The van der Waals surface area contributed by atoms with Gasteiger partial charge in [-0.25, -0.2) is 0 Å². The number of halogens is 4. The van der Waals surface area contributed by atoms with Gasteiger partial charge in [-0.15, -0.1) is 11.3 Å². The highest BCUT2D eigenvalue weighted by Crippen LogP contribution is 2.37. The summed E-state index contributed by atoms with van der Waals surface area (Å²) in [6.07, 6.45) is 1.01. The van der Waals surface area contributed by atoms with Crippen molar-refractivity contribution in [3.05, 3.63) is 55.1 Å². The molecule has 19 heavy (non-hydrogen) atoms. The molecule has 0 radical (unpaired) electrons. The lowest BCUT2D eigenvalue weighted by Crippen LogP contribution is -2.32. The largest absolute Gasteiger partial charge is 0.148 e. The van der Waals surface area contributed by atoms with E-state index >= 15 is 0 Å². The lowest BCUT2D eigenvalue weighted by atomic mass is 9.81. The van der Waals surface area contributed by atoms with Crippen molar-refractivity contribution in [1.82, 2.24) is 0 Å². The van der Waals surface area contributed by atoms with E-state index in [2.05, 4.69) is 99.4 Å². The highest BCUT2D eigenvalue weighted by atomic mass is 79.9. The first-order chi connectivity index (χ1) is 9.11. The van der Waals surface area contributed by atoms with E-state index in [1.54, 1.807) is 11.3 Å². The Labute approximate surface area is 151 Å². The van der Waals surface area contributed by atoms with E-state index in [9.17, 15) is 0 Å². The van der Waals surface area contributed by atoms with Crippen molar-refractivity contribution in [2.24, 2.45) is 0 Å². The summed E-state index contributed by atoms with van der Waals surface area (Å²) >= 11 is 16.4. The van der Waals surface area contributed by atoms with Gasteiger partial charge >= 0.3 is 0 Å². The van der Waals surface area contributed by atoms with Crippen molar-refractivity contribution in [1.29, 1.82) is 0 Å². The van der Waals surface area contributed by atoms with Gasteiger partial charge in [0.1, 0.15) is 0 Å². The third-order valence-electron chi connectivity index (χ3n) is 3.14. The van der Waals surface area contributed by atoms with Gasteiger partial charge in [-0.05, 0) is 51.5 Å². The molecule has 0 atom stereocenters. The normalized spacial score (nSPS) is 11.8. The monoisotopic (exact) mass is 528 g/mol. The van der Waals surface area contributed by atoms with Crippen molar-refractivity contribution in [2.45, 2.75) is 11.8 Å². The minimum absolute atomic E-state index is 0.0666. The van der Waals surface area contributed by atoms with Crippen LogP contribution in [0.25, 0.3) is 0 Å². The average Bonchev–Trinajstić information content (AvgIpc) is 2.81. The standard InChI is InChI=1S/C14H12Br4S/c15-8-14(9-16,7-13-12(18)4-5-19-13)10-2-1-3-11(17)6-10/h1-6H,7-9H2. The number of benzene rings is 1. The summed E-state index contributed by atoms with van der Waals surface area (Å²) in [5.74, 6) is 0. The van der Waals surface area contributed by atoms with Crippen molar-refractivity contribution in [2.75, 3.05) is 10.7 Å². The van der Waals surface area contributed by atoms with Crippen LogP contribution in [0.4, 0.5) is 0 Å². The molecule has 0 unspecified atom stereocenters.